The van der Waals surface area contributed by atoms with Crippen molar-refractivity contribution >= 4 is 11.9 Å². The maximum Gasteiger partial charge on any atom is 0.152 e. The van der Waals surface area contributed by atoms with Gasteiger partial charge in [0.2, 0.25) is 0 Å². The van der Waals surface area contributed by atoms with E-state index in [0.717, 1.165) is 5.82 Å². The highest BCUT2D eigenvalue weighted by Crippen LogP contribution is 1.96. The van der Waals surface area contributed by atoms with E-state index < -0.39 is 0 Å². The van der Waals surface area contributed by atoms with Crippen LogP contribution in [0.1, 0.15) is 26.6 Å². The largest absolute Gasteiger partial charge is 0.335 e. The fourth-order valence-electron chi connectivity index (χ4n) is 0.730. The normalized spacial score (nSPS) is 9.54. The van der Waals surface area contributed by atoms with Gasteiger partial charge in [-0.15, -0.1) is 0 Å². The molecular formula is C10H16N2O. The minimum atomic E-state index is 0.0352. The van der Waals surface area contributed by atoms with Crippen molar-refractivity contribution in [1.82, 2.24) is 9.55 Å². The summed E-state index contributed by atoms with van der Waals surface area (Å²) in [6.45, 7) is 5.51. The minimum Gasteiger partial charge on any atom is -0.335 e. The fourth-order valence-corrected chi connectivity index (χ4v) is 0.730. The summed E-state index contributed by atoms with van der Waals surface area (Å²) in [5.41, 5.74) is 0. The van der Waals surface area contributed by atoms with Gasteiger partial charge in [0.25, 0.3) is 0 Å². The lowest BCUT2D eigenvalue weighted by Gasteiger charge is -1.91. The molecular weight excluding hydrogens is 164 g/mol. The third kappa shape index (κ3) is 4.25. The topological polar surface area (TPSA) is 34.9 Å². The van der Waals surface area contributed by atoms with Crippen molar-refractivity contribution in [3.63, 3.8) is 0 Å². The lowest BCUT2D eigenvalue weighted by Crippen LogP contribution is -1.90. The highest BCUT2D eigenvalue weighted by molar-refractivity contribution is 5.91. The Hall–Kier alpha value is -1.38. The Morgan fingerprint density at radius 2 is 2.15 bits per heavy atom. The van der Waals surface area contributed by atoms with Gasteiger partial charge in [-0.05, 0) is 19.1 Å². The number of hydrogen-bond acceptors (Lipinski definition) is 2. The molecule has 0 N–H and O–H groups in total. The van der Waals surface area contributed by atoms with E-state index in [4.69, 9.17) is 0 Å². The average Bonchev–Trinajstić information content (AvgIpc) is 2.51. The van der Waals surface area contributed by atoms with Crippen LogP contribution in [0.25, 0.3) is 6.08 Å². The second-order valence-corrected chi connectivity index (χ2v) is 2.34. The van der Waals surface area contributed by atoms with Crippen LogP contribution in [0.2, 0.25) is 0 Å². The highest BCUT2D eigenvalue weighted by atomic mass is 16.1. The number of imidazole rings is 1. The molecule has 13 heavy (non-hydrogen) atoms. The quantitative estimate of drug-likeness (QED) is 0.653. The predicted octanol–water partition coefficient (Wildman–Crippen LogP) is 2.05. The molecule has 0 atom stereocenters. The van der Waals surface area contributed by atoms with Crippen LogP contribution in [0, 0.1) is 0 Å². The fraction of sp³-hybridized carbons (Fsp3) is 0.400. The monoisotopic (exact) mass is 180 g/mol. The second-order valence-electron chi connectivity index (χ2n) is 2.34. The molecule has 0 aliphatic rings. The molecule has 3 nitrogen and oxygen atoms in total. The summed E-state index contributed by atoms with van der Waals surface area (Å²) in [5, 5.41) is 0. The number of aromatic nitrogens is 2. The average molecular weight is 180 g/mol. The van der Waals surface area contributed by atoms with E-state index in [-0.39, 0.29) is 5.78 Å². The van der Waals surface area contributed by atoms with Gasteiger partial charge < -0.3 is 4.57 Å². The van der Waals surface area contributed by atoms with Crippen molar-refractivity contribution in [2.75, 3.05) is 0 Å². The van der Waals surface area contributed by atoms with Crippen molar-refractivity contribution in [3.05, 3.63) is 24.3 Å². The first-order chi connectivity index (χ1) is 6.20. The standard InChI is InChI=1S/C8H10N2O.C2H6/c1-7(11)3-4-8-9-5-6-10(8)2;1-2/h3-6H,1-2H3;1-2H3/b4-3+;. The van der Waals surface area contributed by atoms with E-state index in [0.29, 0.717) is 0 Å². The van der Waals surface area contributed by atoms with Crippen LogP contribution in [0.15, 0.2) is 18.5 Å². The number of allylic oxidation sites excluding steroid dienone is 1. The highest BCUT2D eigenvalue weighted by Gasteiger charge is 1.91. The summed E-state index contributed by atoms with van der Waals surface area (Å²) in [5.74, 6) is 0.827. The number of ketones is 1. The third-order valence-electron chi connectivity index (χ3n) is 1.33. The molecule has 1 heterocycles. The first kappa shape index (κ1) is 11.6. The summed E-state index contributed by atoms with van der Waals surface area (Å²) >= 11 is 0. The Morgan fingerprint density at radius 1 is 1.54 bits per heavy atom. The van der Waals surface area contributed by atoms with Crippen molar-refractivity contribution in [3.8, 4) is 0 Å². The molecule has 0 spiro atoms. The summed E-state index contributed by atoms with van der Waals surface area (Å²) < 4.78 is 1.85. The summed E-state index contributed by atoms with van der Waals surface area (Å²) in [6, 6.07) is 0. The number of rotatable bonds is 2. The van der Waals surface area contributed by atoms with E-state index in [1.165, 1.54) is 13.0 Å². The maximum absolute atomic E-state index is 10.5. The smallest absolute Gasteiger partial charge is 0.152 e. The first-order valence-electron chi connectivity index (χ1n) is 4.36. The molecule has 72 valence electrons. The van der Waals surface area contributed by atoms with Crippen molar-refractivity contribution < 1.29 is 4.79 Å². The molecule has 3 heteroatoms. The number of nitrogens with zero attached hydrogens (tertiary/aromatic N) is 2. The number of hydrogen-bond donors (Lipinski definition) is 0. The maximum atomic E-state index is 10.5. The summed E-state index contributed by atoms with van der Waals surface area (Å²) in [4.78, 5) is 14.5. The van der Waals surface area contributed by atoms with Crippen molar-refractivity contribution in [2.45, 2.75) is 20.8 Å². The third-order valence-corrected chi connectivity index (χ3v) is 1.33. The van der Waals surface area contributed by atoms with Gasteiger partial charge in [-0.2, -0.15) is 0 Å². The molecule has 1 aromatic heterocycles. The molecule has 0 amide bonds. The summed E-state index contributed by atoms with van der Waals surface area (Å²) in [7, 11) is 1.88. The van der Waals surface area contributed by atoms with Crippen LogP contribution >= 0.6 is 0 Å². The van der Waals surface area contributed by atoms with Gasteiger partial charge in [0.15, 0.2) is 5.78 Å². The van der Waals surface area contributed by atoms with Gasteiger partial charge in [0.05, 0.1) is 0 Å². The van der Waals surface area contributed by atoms with Gasteiger partial charge in [0.1, 0.15) is 5.82 Å². The summed E-state index contributed by atoms with van der Waals surface area (Å²) in [6.07, 6.45) is 6.73. The molecule has 0 bridgehead atoms. The molecule has 0 radical (unpaired) electrons. The second kappa shape index (κ2) is 6.17. The molecule has 0 aliphatic carbocycles. The Bertz CT molecular complexity index is 287. The van der Waals surface area contributed by atoms with E-state index in [9.17, 15) is 4.79 Å². The van der Waals surface area contributed by atoms with Gasteiger partial charge in [-0.25, -0.2) is 4.98 Å². The number of aryl methyl sites for hydroxylation is 1. The van der Waals surface area contributed by atoms with Crippen molar-refractivity contribution in [1.29, 1.82) is 0 Å². The van der Waals surface area contributed by atoms with E-state index in [2.05, 4.69) is 4.98 Å². The molecule has 0 aliphatic heterocycles. The van der Waals surface area contributed by atoms with Gasteiger partial charge in [0, 0.05) is 19.4 Å². The Morgan fingerprint density at radius 3 is 2.54 bits per heavy atom. The Balaban J connectivity index is 0.000000671. The zero-order chi connectivity index (χ0) is 10.3. The zero-order valence-electron chi connectivity index (χ0n) is 8.61. The van der Waals surface area contributed by atoms with Crippen LogP contribution in [-0.4, -0.2) is 15.3 Å². The Labute approximate surface area is 79.1 Å². The molecule has 0 unspecified atom stereocenters. The molecule has 1 rings (SSSR count). The SMILES string of the molecule is CC.CC(=O)/C=C/c1nccn1C. The molecule has 0 fully saturated rings. The van der Waals surface area contributed by atoms with E-state index >= 15 is 0 Å². The van der Waals surface area contributed by atoms with Crippen LogP contribution < -0.4 is 0 Å². The van der Waals surface area contributed by atoms with Crippen LogP contribution in [-0.2, 0) is 11.8 Å². The molecule has 1 aromatic rings. The van der Waals surface area contributed by atoms with Crippen LogP contribution in [0.5, 0.6) is 0 Å². The lowest BCUT2D eigenvalue weighted by molar-refractivity contribution is -0.112. The number of carbonyl (C=O) groups excluding carboxylic acids is 1. The van der Waals surface area contributed by atoms with Crippen LogP contribution in [0.4, 0.5) is 0 Å². The van der Waals surface area contributed by atoms with Gasteiger partial charge in [-0.3, -0.25) is 4.79 Å². The lowest BCUT2D eigenvalue weighted by atomic mass is 10.4. The molecule has 0 saturated carbocycles. The first-order valence-corrected chi connectivity index (χ1v) is 4.36. The van der Waals surface area contributed by atoms with E-state index in [1.807, 2.05) is 31.7 Å². The van der Waals surface area contributed by atoms with Crippen molar-refractivity contribution in [2.24, 2.45) is 7.05 Å². The zero-order valence-corrected chi connectivity index (χ0v) is 8.61. The molecule has 0 saturated heterocycles. The molecule has 0 aromatic carbocycles. The predicted molar refractivity (Wildman–Crippen MR) is 54.3 cm³/mol. The van der Waals surface area contributed by atoms with E-state index in [1.54, 1.807) is 12.3 Å². The van der Waals surface area contributed by atoms with Gasteiger partial charge >= 0.3 is 0 Å². The number of carbonyl (C=O) groups is 1. The Kier molecular flexibility index (Phi) is 5.52. The van der Waals surface area contributed by atoms with Crippen LogP contribution in [0.3, 0.4) is 0 Å². The van der Waals surface area contributed by atoms with Gasteiger partial charge in [-0.1, -0.05) is 13.8 Å². The minimum absolute atomic E-state index is 0.0352.